The lowest BCUT2D eigenvalue weighted by Crippen LogP contribution is -2.45. The van der Waals surface area contributed by atoms with Gasteiger partial charge in [0.05, 0.1) is 4.47 Å². The summed E-state index contributed by atoms with van der Waals surface area (Å²) in [5.74, 6) is 0.668. The van der Waals surface area contributed by atoms with Crippen LogP contribution in [0.25, 0.3) is 0 Å². The molecule has 0 radical (unpaired) electrons. The zero-order chi connectivity index (χ0) is 16.9. The van der Waals surface area contributed by atoms with E-state index in [1.807, 2.05) is 50.2 Å². The number of ether oxygens (including phenoxy) is 1. The summed E-state index contributed by atoms with van der Waals surface area (Å²) in [5, 5.41) is 2.82. The zero-order valence-electron chi connectivity index (χ0n) is 13.3. The van der Waals surface area contributed by atoms with E-state index in [4.69, 9.17) is 10.5 Å². The summed E-state index contributed by atoms with van der Waals surface area (Å²) >= 11 is 3.45. The molecule has 0 aromatic heterocycles. The topological polar surface area (TPSA) is 64.3 Å². The number of hydrogen-bond donors (Lipinski definition) is 2. The molecule has 23 heavy (non-hydrogen) atoms. The molecule has 122 valence electrons. The van der Waals surface area contributed by atoms with E-state index in [-0.39, 0.29) is 5.91 Å². The molecule has 2 rings (SSSR count). The Morgan fingerprint density at radius 3 is 2.43 bits per heavy atom. The van der Waals surface area contributed by atoms with Crippen LogP contribution in [0, 0.1) is 0 Å². The van der Waals surface area contributed by atoms with Crippen LogP contribution >= 0.6 is 15.9 Å². The van der Waals surface area contributed by atoms with Crippen LogP contribution in [0.3, 0.4) is 0 Å². The summed E-state index contributed by atoms with van der Waals surface area (Å²) in [5.41, 5.74) is 7.04. The largest absolute Gasteiger partial charge is 0.488 e. The van der Waals surface area contributed by atoms with E-state index < -0.39 is 5.54 Å². The van der Waals surface area contributed by atoms with Crippen molar-refractivity contribution >= 4 is 21.8 Å². The molecule has 0 aliphatic heterocycles. The lowest BCUT2D eigenvalue weighted by Gasteiger charge is -2.18. The van der Waals surface area contributed by atoms with Crippen LogP contribution in [0.15, 0.2) is 53.0 Å². The molecular formula is C18H21BrN2O2. The number of hydrogen-bond acceptors (Lipinski definition) is 3. The van der Waals surface area contributed by atoms with Crippen LogP contribution in [0.4, 0.5) is 0 Å². The van der Waals surface area contributed by atoms with Gasteiger partial charge in [-0.1, -0.05) is 24.3 Å². The van der Waals surface area contributed by atoms with Gasteiger partial charge in [0, 0.05) is 17.6 Å². The lowest BCUT2D eigenvalue weighted by atomic mass is 10.1. The Hall–Kier alpha value is -1.85. The smallest absolute Gasteiger partial charge is 0.251 e. The molecule has 0 aliphatic carbocycles. The number of nitrogens with one attached hydrogen (secondary N) is 1. The average molecular weight is 377 g/mol. The highest BCUT2D eigenvalue weighted by molar-refractivity contribution is 9.10. The maximum absolute atomic E-state index is 12.0. The number of halogens is 1. The van der Waals surface area contributed by atoms with Gasteiger partial charge in [0.2, 0.25) is 0 Å². The monoisotopic (exact) mass is 376 g/mol. The highest BCUT2D eigenvalue weighted by Gasteiger charge is 2.13. The van der Waals surface area contributed by atoms with E-state index >= 15 is 0 Å². The standard InChI is InChI=1S/C18H21BrN2O2/c1-18(2,20)12-21-17(22)14-9-7-13(8-10-14)11-23-16-6-4-3-5-15(16)19/h3-10H,11-12,20H2,1-2H3,(H,21,22). The predicted molar refractivity (Wildman–Crippen MR) is 95.5 cm³/mol. The molecule has 0 spiro atoms. The Morgan fingerprint density at radius 1 is 1.17 bits per heavy atom. The van der Waals surface area contributed by atoms with E-state index in [0.29, 0.717) is 18.7 Å². The summed E-state index contributed by atoms with van der Waals surface area (Å²) in [6.07, 6.45) is 0. The summed E-state index contributed by atoms with van der Waals surface area (Å²) in [6, 6.07) is 15.1. The molecule has 4 nitrogen and oxygen atoms in total. The van der Waals surface area contributed by atoms with Gasteiger partial charge in [-0.25, -0.2) is 0 Å². The van der Waals surface area contributed by atoms with Crippen LogP contribution in [-0.2, 0) is 6.61 Å². The van der Waals surface area contributed by atoms with Crippen LogP contribution < -0.4 is 15.8 Å². The minimum atomic E-state index is -0.424. The number of rotatable bonds is 6. The molecule has 2 aromatic carbocycles. The van der Waals surface area contributed by atoms with Crippen molar-refractivity contribution in [1.29, 1.82) is 0 Å². The Labute approximate surface area is 145 Å². The van der Waals surface area contributed by atoms with Gasteiger partial charge in [0.25, 0.3) is 5.91 Å². The summed E-state index contributed by atoms with van der Waals surface area (Å²) < 4.78 is 6.67. The van der Waals surface area contributed by atoms with E-state index in [1.165, 1.54) is 0 Å². The third-order valence-corrected chi connectivity index (χ3v) is 3.81. The van der Waals surface area contributed by atoms with Crippen molar-refractivity contribution in [2.24, 2.45) is 5.73 Å². The van der Waals surface area contributed by atoms with E-state index in [0.717, 1.165) is 15.8 Å². The Balaban J connectivity index is 1.92. The molecule has 3 N–H and O–H groups in total. The minimum absolute atomic E-state index is 0.123. The second kappa shape index (κ2) is 7.62. The number of nitrogens with two attached hydrogens (primary N) is 1. The minimum Gasteiger partial charge on any atom is -0.488 e. The molecule has 0 heterocycles. The fourth-order valence-electron chi connectivity index (χ4n) is 1.89. The molecule has 0 aliphatic rings. The Bertz CT molecular complexity index is 663. The van der Waals surface area contributed by atoms with Gasteiger partial charge < -0.3 is 15.8 Å². The second-order valence-corrected chi connectivity index (χ2v) is 6.94. The summed E-state index contributed by atoms with van der Waals surface area (Å²) in [7, 11) is 0. The van der Waals surface area contributed by atoms with Crippen molar-refractivity contribution in [2.75, 3.05) is 6.54 Å². The van der Waals surface area contributed by atoms with E-state index in [9.17, 15) is 4.79 Å². The Kier molecular flexibility index (Phi) is 5.80. The first-order chi connectivity index (χ1) is 10.8. The van der Waals surface area contributed by atoms with Crippen molar-refractivity contribution in [3.8, 4) is 5.75 Å². The number of para-hydroxylation sites is 1. The molecule has 0 fully saturated rings. The van der Waals surface area contributed by atoms with Crippen LogP contribution in [-0.4, -0.2) is 18.0 Å². The first kappa shape index (κ1) is 17.5. The van der Waals surface area contributed by atoms with Crippen molar-refractivity contribution in [1.82, 2.24) is 5.32 Å². The predicted octanol–water partition coefficient (Wildman–Crippen LogP) is 3.50. The molecule has 0 saturated heterocycles. The van der Waals surface area contributed by atoms with Crippen LogP contribution in [0.1, 0.15) is 29.8 Å². The van der Waals surface area contributed by atoms with Crippen LogP contribution in [0.5, 0.6) is 5.75 Å². The second-order valence-electron chi connectivity index (χ2n) is 6.09. The third-order valence-electron chi connectivity index (χ3n) is 3.15. The lowest BCUT2D eigenvalue weighted by molar-refractivity contribution is 0.0946. The number of carbonyl (C=O) groups is 1. The molecule has 2 aromatic rings. The summed E-state index contributed by atoms with van der Waals surface area (Å²) in [4.78, 5) is 12.0. The highest BCUT2D eigenvalue weighted by Crippen LogP contribution is 2.24. The first-order valence-electron chi connectivity index (χ1n) is 7.38. The maximum Gasteiger partial charge on any atom is 0.251 e. The van der Waals surface area contributed by atoms with Crippen molar-refractivity contribution in [3.05, 3.63) is 64.1 Å². The van der Waals surface area contributed by atoms with E-state index in [1.54, 1.807) is 12.1 Å². The summed E-state index contributed by atoms with van der Waals surface area (Å²) in [6.45, 7) is 4.62. The molecular weight excluding hydrogens is 356 g/mol. The molecule has 0 unspecified atom stereocenters. The van der Waals surface area contributed by atoms with Gasteiger partial charge in [0.1, 0.15) is 12.4 Å². The molecule has 0 bridgehead atoms. The van der Waals surface area contributed by atoms with Crippen molar-refractivity contribution < 1.29 is 9.53 Å². The van der Waals surface area contributed by atoms with Gasteiger partial charge >= 0.3 is 0 Å². The third kappa shape index (κ3) is 5.69. The SMILES string of the molecule is CC(C)(N)CNC(=O)c1ccc(COc2ccccc2Br)cc1. The maximum atomic E-state index is 12.0. The van der Waals surface area contributed by atoms with Gasteiger partial charge in [-0.05, 0) is 59.6 Å². The van der Waals surface area contributed by atoms with Crippen molar-refractivity contribution in [3.63, 3.8) is 0 Å². The van der Waals surface area contributed by atoms with Gasteiger partial charge in [-0.3, -0.25) is 4.79 Å². The van der Waals surface area contributed by atoms with Crippen molar-refractivity contribution in [2.45, 2.75) is 26.0 Å². The number of amides is 1. The number of benzene rings is 2. The van der Waals surface area contributed by atoms with Gasteiger partial charge in [-0.15, -0.1) is 0 Å². The average Bonchev–Trinajstić information content (AvgIpc) is 2.52. The molecule has 0 saturated carbocycles. The Morgan fingerprint density at radius 2 is 1.83 bits per heavy atom. The number of carbonyl (C=O) groups excluding carboxylic acids is 1. The quantitative estimate of drug-likeness (QED) is 0.810. The normalized spacial score (nSPS) is 11.1. The molecule has 1 amide bonds. The fraction of sp³-hybridized carbons (Fsp3) is 0.278. The van der Waals surface area contributed by atoms with Gasteiger partial charge in [-0.2, -0.15) is 0 Å². The van der Waals surface area contributed by atoms with Crippen LogP contribution in [0.2, 0.25) is 0 Å². The molecule has 0 atom stereocenters. The first-order valence-corrected chi connectivity index (χ1v) is 8.18. The fourth-order valence-corrected chi connectivity index (χ4v) is 2.28. The zero-order valence-corrected chi connectivity index (χ0v) is 14.9. The van der Waals surface area contributed by atoms with Gasteiger partial charge in [0.15, 0.2) is 0 Å². The highest BCUT2D eigenvalue weighted by atomic mass is 79.9. The molecule has 5 heteroatoms. The van der Waals surface area contributed by atoms with E-state index in [2.05, 4.69) is 21.2 Å².